The minimum atomic E-state index is -0.151. The molecule has 1 aromatic heterocycles. The summed E-state index contributed by atoms with van der Waals surface area (Å²) in [4.78, 5) is 18.1. The fraction of sp³-hybridized carbons (Fsp3) is 0.0500. The highest BCUT2D eigenvalue weighted by molar-refractivity contribution is 5.89. The van der Waals surface area contributed by atoms with Gasteiger partial charge in [-0.1, -0.05) is 54.6 Å². The molecule has 4 rings (SSSR count). The lowest BCUT2D eigenvalue weighted by Crippen LogP contribution is -2.26. The van der Waals surface area contributed by atoms with E-state index >= 15 is 0 Å². The fourth-order valence-electron chi connectivity index (χ4n) is 2.98. The molecule has 0 spiro atoms. The summed E-state index contributed by atoms with van der Waals surface area (Å²) < 4.78 is 1.35. The molecular weight excluding hydrogens is 286 g/mol. The number of aromatic nitrogens is 1. The summed E-state index contributed by atoms with van der Waals surface area (Å²) in [6.07, 6.45) is 0. The minimum absolute atomic E-state index is 0.151. The van der Waals surface area contributed by atoms with Gasteiger partial charge in [-0.05, 0) is 34.5 Å². The summed E-state index contributed by atoms with van der Waals surface area (Å²) in [6.45, 7) is 0. The molecule has 0 saturated heterocycles. The van der Waals surface area contributed by atoms with Crippen LogP contribution in [0.5, 0.6) is 0 Å². The maximum atomic E-state index is 12.8. The first-order valence-corrected chi connectivity index (χ1v) is 7.46. The second-order valence-electron chi connectivity index (χ2n) is 5.46. The highest BCUT2D eigenvalue weighted by atomic mass is 16.6. The lowest BCUT2D eigenvalue weighted by Gasteiger charge is -2.11. The van der Waals surface area contributed by atoms with E-state index in [9.17, 15) is 4.79 Å². The largest absolute Gasteiger partial charge is 0.413 e. The van der Waals surface area contributed by atoms with Gasteiger partial charge in [0, 0.05) is 5.39 Å². The highest BCUT2D eigenvalue weighted by Crippen LogP contribution is 2.24. The lowest BCUT2D eigenvalue weighted by atomic mass is 10.0. The van der Waals surface area contributed by atoms with Crippen molar-refractivity contribution in [1.29, 1.82) is 0 Å². The van der Waals surface area contributed by atoms with Gasteiger partial charge in [0.05, 0.1) is 11.1 Å². The Bertz CT molecular complexity index is 1080. The van der Waals surface area contributed by atoms with Crippen LogP contribution in [0.25, 0.3) is 32.8 Å². The van der Waals surface area contributed by atoms with Gasteiger partial charge in [0.1, 0.15) is 7.11 Å². The molecule has 0 aliphatic carbocycles. The van der Waals surface area contributed by atoms with E-state index < -0.39 is 0 Å². The predicted molar refractivity (Wildman–Crippen MR) is 93.7 cm³/mol. The zero-order valence-corrected chi connectivity index (χ0v) is 12.7. The van der Waals surface area contributed by atoms with Crippen molar-refractivity contribution < 1.29 is 4.84 Å². The summed E-state index contributed by atoms with van der Waals surface area (Å²) >= 11 is 0. The van der Waals surface area contributed by atoms with E-state index in [0.29, 0.717) is 5.56 Å². The molecule has 1 heterocycles. The monoisotopic (exact) mass is 301 g/mol. The summed E-state index contributed by atoms with van der Waals surface area (Å²) in [5.74, 6) is 0. The molecule has 23 heavy (non-hydrogen) atoms. The second kappa shape index (κ2) is 5.29. The van der Waals surface area contributed by atoms with E-state index in [-0.39, 0.29) is 5.56 Å². The van der Waals surface area contributed by atoms with Crippen LogP contribution >= 0.6 is 0 Å². The highest BCUT2D eigenvalue weighted by Gasteiger charge is 2.11. The van der Waals surface area contributed by atoms with Crippen molar-refractivity contribution in [3.8, 4) is 11.1 Å². The van der Waals surface area contributed by atoms with Gasteiger partial charge in [0.15, 0.2) is 0 Å². The molecule has 0 bridgehead atoms. The Balaban J connectivity index is 2.03. The molecule has 3 nitrogen and oxygen atoms in total. The molecule has 0 saturated carbocycles. The number of rotatable bonds is 2. The number of fused-ring (bicyclic) bond motifs is 2. The first-order valence-electron chi connectivity index (χ1n) is 7.46. The molecule has 3 aromatic carbocycles. The Morgan fingerprint density at radius 2 is 1.48 bits per heavy atom. The standard InChI is InChI=1S/C20H15NO2/c1-23-21-19-9-5-4-8-17(19)13-18(20(21)22)16-11-10-14-6-2-3-7-15(14)12-16/h2-13H,1H3. The Kier molecular flexibility index (Phi) is 3.12. The van der Waals surface area contributed by atoms with Gasteiger partial charge in [-0.15, -0.1) is 4.73 Å². The maximum Gasteiger partial charge on any atom is 0.291 e. The van der Waals surface area contributed by atoms with Crippen LogP contribution in [-0.4, -0.2) is 11.8 Å². The third-order valence-corrected chi connectivity index (χ3v) is 4.11. The van der Waals surface area contributed by atoms with E-state index in [1.54, 1.807) is 0 Å². The second-order valence-corrected chi connectivity index (χ2v) is 5.46. The average Bonchev–Trinajstić information content (AvgIpc) is 2.61. The van der Waals surface area contributed by atoms with Gasteiger partial charge in [-0.2, -0.15) is 0 Å². The predicted octanol–water partition coefficient (Wildman–Crippen LogP) is 3.88. The van der Waals surface area contributed by atoms with Crippen LogP contribution in [0.3, 0.4) is 0 Å². The van der Waals surface area contributed by atoms with Crippen LogP contribution in [0, 0.1) is 0 Å². The molecule has 3 heteroatoms. The van der Waals surface area contributed by atoms with Crippen LogP contribution in [0.4, 0.5) is 0 Å². The first-order chi connectivity index (χ1) is 11.3. The van der Waals surface area contributed by atoms with Crippen molar-refractivity contribution in [2.45, 2.75) is 0 Å². The van der Waals surface area contributed by atoms with Crippen molar-refractivity contribution in [1.82, 2.24) is 4.73 Å². The first kappa shape index (κ1) is 13.6. The summed E-state index contributed by atoms with van der Waals surface area (Å²) in [5.41, 5.74) is 2.15. The topological polar surface area (TPSA) is 31.2 Å². The van der Waals surface area contributed by atoms with Gasteiger partial charge in [-0.25, -0.2) is 0 Å². The summed E-state index contributed by atoms with van der Waals surface area (Å²) in [5, 5.41) is 3.24. The van der Waals surface area contributed by atoms with Crippen LogP contribution < -0.4 is 10.4 Å². The molecule has 0 aliphatic heterocycles. The van der Waals surface area contributed by atoms with Gasteiger partial charge in [0.25, 0.3) is 5.56 Å². The van der Waals surface area contributed by atoms with Crippen molar-refractivity contribution in [3.63, 3.8) is 0 Å². The SMILES string of the molecule is COn1c(=O)c(-c2ccc3ccccc3c2)cc2ccccc21. The lowest BCUT2D eigenvalue weighted by molar-refractivity contribution is 0.170. The number of pyridine rings is 1. The Morgan fingerprint density at radius 3 is 2.26 bits per heavy atom. The van der Waals surface area contributed by atoms with Crippen molar-refractivity contribution >= 4 is 21.7 Å². The van der Waals surface area contributed by atoms with Crippen molar-refractivity contribution in [3.05, 3.63) is 83.2 Å². The quantitative estimate of drug-likeness (QED) is 0.562. The maximum absolute atomic E-state index is 12.8. The van der Waals surface area contributed by atoms with Crippen molar-refractivity contribution in [2.24, 2.45) is 0 Å². The molecule has 0 radical (unpaired) electrons. The third kappa shape index (κ3) is 2.18. The Hall–Kier alpha value is -3.07. The van der Waals surface area contributed by atoms with Crippen LogP contribution in [-0.2, 0) is 0 Å². The van der Waals surface area contributed by atoms with E-state index in [0.717, 1.165) is 27.2 Å². The molecule has 0 N–H and O–H groups in total. The molecule has 0 amide bonds. The van der Waals surface area contributed by atoms with E-state index in [2.05, 4.69) is 12.1 Å². The zero-order chi connectivity index (χ0) is 15.8. The fourth-order valence-corrected chi connectivity index (χ4v) is 2.98. The number of nitrogens with zero attached hydrogens (tertiary/aromatic N) is 1. The number of hydrogen-bond acceptors (Lipinski definition) is 2. The average molecular weight is 301 g/mol. The molecule has 112 valence electrons. The summed E-state index contributed by atoms with van der Waals surface area (Å²) in [6, 6.07) is 23.8. The van der Waals surface area contributed by atoms with Gasteiger partial charge in [-0.3, -0.25) is 4.79 Å². The molecule has 0 atom stereocenters. The van der Waals surface area contributed by atoms with Crippen LogP contribution in [0.15, 0.2) is 77.6 Å². The zero-order valence-electron chi connectivity index (χ0n) is 12.7. The number of benzene rings is 3. The minimum Gasteiger partial charge on any atom is -0.413 e. The number of para-hydroxylation sites is 1. The normalized spacial score (nSPS) is 11.0. The molecule has 0 aliphatic rings. The summed E-state index contributed by atoms with van der Waals surface area (Å²) in [7, 11) is 1.51. The Morgan fingerprint density at radius 1 is 0.783 bits per heavy atom. The Labute approximate surface area is 133 Å². The van der Waals surface area contributed by atoms with E-state index in [1.807, 2.05) is 60.7 Å². The van der Waals surface area contributed by atoms with Gasteiger partial charge >= 0.3 is 0 Å². The molecule has 0 fully saturated rings. The third-order valence-electron chi connectivity index (χ3n) is 4.11. The van der Waals surface area contributed by atoms with E-state index in [1.165, 1.54) is 11.8 Å². The van der Waals surface area contributed by atoms with Crippen molar-refractivity contribution in [2.75, 3.05) is 7.11 Å². The molecule has 4 aromatic rings. The van der Waals surface area contributed by atoms with Gasteiger partial charge in [0.2, 0.25) is 0 Å². The molecular formula is C20H15NO2. The van der Waals surface area contributed by atoms with Crippen LogP contribution in [0.1, 0.15) is 0 Å². The van der Waals surface area contributed by atoms with E-state index in [4.69, 9.17) is 4.84 Å². The number of hydrogen-bond donors (Lipinski definition) is 0. The smallest absolute Gasteiger partial charge is 0.291 e. The van der Waals surface area contributed by atoms with Crippen LogP contribution in [0.2, 0.25) is 0 Å². The molecule has 0 unspecified atom stereocenters. The van der Waals surface area contributed by atoms with Gasteiger partial charge < -0.3 is 4.84 Å².